The van der Waals surface area contributed by atoms with Crippen LogP contribution in [0.15, 0.2) is 41.0 Å². The molecule has 0 radical (unpaired) electrons. The van der Waals surface area contributed by atoms with Gasteiger partial charge in [-0.1, -0.05) is 33.6 Å². The molecular formula is C17H14BrClF3N3O4. The van der Waals surface area contributed by atoms with Gasteiger partial charge in [-0.2, -0.15) is 13.2 Å². The van der Waals surface area contributed by atoms with Crippen molar-refractivity contribution in [1.82, 2.24) is 15.8 Å². The maximum absolute atomic E-state index is 12.2. The molecule has 2 amide bonds. The molecule has 12 heteroatoms. The van der Waals surface area contributed by atoms with Crippen molar-refractivity contribution in [3.05, 3.63) is 51.6 Å². The number of hydrazine groups is 1. The van der Waals surface area contributed by atoms with Gasteiger partial charge in [0.15, 0.2) is 12.7 Å². The van der Waals surface area contributed by atoms with Crippen LogP contribution in [0.3, 0.4) is 0 Å². The molecule has 0 saturated carbocycles. The first-order valence-electron chi connectivity index (χ1n) is 7.92. The highest BCUT2D eigenvalue weighted by atomic mass is 79.9. The molecule has 1 aromatic carbocycles. The zero-order valence-electron chi connectivity index (χ0n) is 14.7. The second kappa shape index (κ2) is 9.79. The van der Waals surface area contributed by atoms with Gasteiger partial charge >= 0.3 is 6.18 Å². The summed E-state index contributed by atoms with van der Waals surface area (Å²) in [6.07, 6.45) is -4.52. The van der Waals surface area contributed by atoms with E-state index in [2.05, 4.69) is 36.5 Å². The van der Waals surface area contributed by atoms with Gasteiger partial charge in [-0.15, -0.1) is 0 Å². The number of rotatable bonds is 6. The van der Waals surface area contributed by atoms with Gasteiger partial charge in [0, 0.05) is 10.7 Å². The number of hydrogen-bond donors (Lipinski definition) is 2. The Balaban J connectivity index is 1.89. The van der Waals surface area contributed by atoms with Crippen LogP contribution in [0, 0.1) is 0 Å². The third kappa shape index (κ3) is 7.42. The Morgan fingerprint density at radius 2 is 2.00 bits per heavy atom. The van der Waals surface area contributed by atoms with Crippen LogP contribution in [0.4, 0.5) is 13.2 Å². The summed E-state index contributed by atoms with van der Waals surface area (Å²) in [5.74, 6) is -1.45. The molecule has 0 fully saturated rings. The van der Waals surface area contributed by atoms with E-state index in [1.165, 1.54) is 6.92 Å². The fourth-order valence-corrected chi connectivity index (χ4v) is 2.50. The number of hydrogen-bond acceptors (Lipinski definition) is 5. The normalized spacial score (nSPS) is 12.1. The van der Waals surface area contributed by atoms with Crippen LogP contribution in [0.2, 0.25) is 5.02 Å². The van der Waals surface area contributed by atoms with Crippen molar-refractivity contribution >= 4 is 39.3 Å². The van der Waals surface area contributed by atoms with Gasteiger partial charge in [0.25, 0.3) is 11.8 Å². The fraction of sp³-hybridized carbons (Fsp3) is 0.235. The number of amides is 2. The van der Waals surface area contributed by atoms with Gasteiger partial charge < -0.3 is 9.47 Å². The Kier molecular flexibility index (Phi) is 7.68. The van der Waals surface area contributed by atoms with Crippen LogP contribution >= 0.6 is 27.5 Å². The third-order valence-electron chi connectivity index (χ3n) is 3.22. The van der Waals surface area contributed by atoms with Gasteiger partial charge in [0.05, 0.1) is 5.56 Å². The molecule has 1 heterocycles. The molecular weight excluding hydrogens is 483 g/mol. The van der Waals surface area contributed by atoms with E-state index in [0.29, 0.717) is 5.75 Å². The molecule has 1 atom stereocenters. The molecule has 0 bridgehead atoms. The molecule has 0 aliphatic heterocycles. The van der Waals surface area contributed by atoms with Gasteiger partial charge in [0.2, 0.25) is 5.88 Å². The van der Waals surface area contributed by atoms with Gasteiger partial charge in [-0.3, -0.25) is 20.4 Å². The Bertz CT molecular complexity index is 898. The Labute approximate surface area is 176 Å². The standard InChI is InChI=1S/C17H14BrClF3N3O4/c1-9(29-12-4-2-3-11(18)6-12)14(26)24-25-15(27)10-5-13(19)16(23-7-10)28-8-17(20,21)22/h2-7,9H,8H2,1H3,(H,24,26)(H,25,27). The number of alkyl halides is 3. The topological polar surface area (TPSA) is 89.6 Å². The molecule has 0 saturated heterocycles. The summed E-state index contributed by atoms with van der Waals surface area (Å²) >= 11 is 9.05. The van der Waals surface area contributed by atoms with Gasteiger partial charge in [0.1, 0.15) is 10.8 Å². The Hall–Kier alpha value is -2.53. The number of carbonyl (C=O) groups is 2. The first kappa shape index (κ1) is 22.8. The number of halogens is 5. The maximum atomic E-state index is 12.2. The first-order chi connectivity index (χ1) is 13.5. The number of nitrogens with zero attached hydrogens (tertiary/aromatic N) is 1. The summed E-state index contributed by atoms with van der Waals surface area (Å²) in [7, 11) is 0. The number of ether oxygens (including phenoxy) is 2. The Morgan fingerprint density at radius 3 is 2.62 bits per heavy atom. The van der Waals surface area contributed by atoms with E-state index in [1.807, 2.05) is 0 Å². The van der Waals surface area contributed by atoms with E-state index < -0.39 is 36.6 Å². The largest absolute Gasteiger partial charge is 0.481 e. The van der Waals surface area contributed by atoms with Crippen molar-refractivity contribution in [1.29, 1.82) is 0 Å². The number of aromatic nitrogens is 1. The van der Waals surface area contributed by atoms with Gasteiger partial charge in [-0.05, 0) is 31.2 Å². The lowest BCUT2D eigenvalue weighted by molar-refractivity contribution is -0.154. The van der Waals surface area contributed by atoms with Crippen molar-refractivity contribution in [2.75, 3.05) is 6.61 Å². The molecule has 29 heavy (non-hydrogen) atoms. The van der Waals surface area contributed by atoms with Crippen molar-refractivity contribution in [3.63, 3.8) is 0 Å². The number of pyridine rings is 1. The fourth-order valence-electron chi connectivity index (χ4n) is 1.90. The average molecular weight is 497 g/mol. The lowest BCUT2D eigenvalue weighted by Crippen LogP contribution is -2.47. The zero-order valence-corrected chi connectivity index (χ0v) is 17.1. The summed E-state index contributed by atoms with van der Waals surface area (Å²) < 4.78 is 47.2. The minimum absolute atomic E-state index is 0.102. The van der Waals surface area contributed by atoms with Crippen LogP contribution in [-0.4, -0.2) is 35.7 Å². The highest BCUT2D eigenvalue weighted by molar-refractivity contribution is 9.10. The maximum Gasteiger partial charge on any atom is 0.422 e. The quantitative estimate of drug-likeness (QED) is 0.596. The van der Waals surface area contributed by atoms with E-state index in [1.54, 1.807) is 24.3 Å². The molecule has 0 aliphatic rings. The smallest absolute Gasteiger partial charge is 0.422 e. The van der Waals surface area contributed by atoms with Crippen molar-refractivity contribution in [2.24, 2.45) is 0 Å². The highest BCUT2D eigenvalue weighted by Gasteiger charge is 2.29. The predicted octanol–water partition coefficient (Wildman–Crippen LogP) is 3.67. The molecule has 1 aromatic heterocycles. The summed E-state index contributed by atoms with van der Waals surface area (Å²) in [6.45, 7) is -0.0925. The van der Waals surface area contributed by atoms with Crippen LogP contribution in [0.5, 0.6) is 11.6 Å². The third-order valence-corrected chi connectivity index (χ3v) is 3.98. The van der Waals surface area contributed by atoms with E-state index in [4.69, 9.17) is 16.3 Å². The molecule has 2 N–H and O–H groups in total. The number of benzene rings is 1. The van der Waals surface area contributed by atoms with E-state index >= 15 is 0 Å². The number of nitrogens with one attached hydrogen (secondary N) is 2. The van der Waals surface area contributed by atoms with Crippen LogP contribution in [0.25, 0.3) is 0 Å². The van der Waals surface area contributed by atoms with Crippen LogP contribution < -0.4 is 20.3 Å². The van der Waals surface area contributed by atoms with Crippen molar-refractivity contribution in [3.8, 4) is 11.6 Å². The molecule has 0 spiro atoms. The van der Waals surface area contributed by atoms with Crippen molar-refractivity contribution < 1.29 is 32.2 Å². The first-order valence-corrected chi connectivity index (χ1v) is 9.10. The highest BCUT2D eigenvalue weighted by Crippen LogP contribution is 2.25. The lowest BCUT2D eigenvalue weighted by Gasteiger charge is -2.15. The molecule has 2 aromatic rings. The molecule has 156 valence electrons. The lowest BCUT2D eigenvalue weighted by atomic mass is 10.3. The van der Waals surface area contributed by atoms with Crippen LogP contribution in [0.1, 0.15) is 17.3 Å². The molecule has 2 rings (SSSR count). The minimum atomic E-state index is -4.56. The van der Waals surface area contributed by atoms with E-state index in [0.717, 1.165) is 16.7 Å². The Morgan fingerprint density at radius 1 is 1.28 bits per heavy atom. The van der Waals surface area contributed by atoms with E-state index in [9.17, 15) is 22.8 Å². The number of carbonyl (C=O) groups excluding carboxylic acids is 2. The zero-order chi connectivity index (χ0) is 21.6. The van der Waals surface area contributed by atoms with E-state index in [-0.39, 0.29) is 10.6 Å². The van der Waals surface area contributed by atoms with Crippen LogP contribution in [-0.2, 0) is 4.79 Å². The summed E-state index contributed by atoms with van der Waals surface area (Å²) in [5.41, 5.74) is 4.20. The molecule has 7 nitrogen and oxygen atoms in total. The average Bonchev–Trinajstić information content (AvgIpc) is 2.64. The predicted molar refractivity (Wildman–Crippen MR) is 101 cm³/mol. The second-order valence-corrected chi connectivity index (χ2v) is 6.90. The van der Waals surface area contributed by atoms with Crippen molar-refractivity contribution in [2.45, 2.75) is 19.2 Å². The summed E-state index contributed by atoms with van der Waals surface area (Å²) in [5, 5.41) is -0.292. The molecule has 0 aliphatic carbocycles. The summed E-state index contributed by atoms with van der Waals surface area (Å²) in [4.78, 5) is 27.7. The second-order valence-electron chi connectivity index (χ2n) is 5.58. The van der Waals surface area contributed by atoms with Gasteiger partial charge in [-0.25, -0.2) is 4.98 Å². The minimum Gasteiger partial charge on any atom is -0.481 e. The monoisotopic (exact) mass is 495 g/mol. The SMILES string of the molecule is CC(Oc1cccc(Br)c1)C(=O)NNC(=O)c1cnc(OCC(F)(F)F)c(Cl)c1. The molecule has 1 unspecified atom stereocenters. The summed E-state index contributed by atoms with van der Waals surface area (Å²) in [6, 6.07) is 7.89.